The molecule has 168 valence electrons. The molecule has 1 aromatic rings. The van der Waals surface area contributed by atoms with Crippen molar-refractivity contribution in [3.63, 3.8) is 0 Å². The number of hydrogen-bond donors (Lipinski definition) is 0. The Bertz CT molecular complexity index is 880. The predicted molar refractivity (Wildman–Crippen MR) is 117 cm³/mol. The first-order valence-electron chi connectivity index (χ1n) is 11.2. The van der Waals surface area contributed by atoms with Gasteiger partial charge in [0.2, 0.25) is 0 Å². The van der Waals surface area contributed by atoms with E-state index in [2.05, 4.69) is 0 Å². The molecule has 2 aliphatic heterocycles. The molecule has 2 heterocycles. The highest BCUT2D eigenvalue weighted by molar-refractivity contribution is 6.35. The van der Waals surface area contributed by atoms with E-state index in [1.54, 1.807) is 26.4 Å². The summed E-state index contributed by atoms with van der Waals surface area (Å²) in [5, 5.41) is 0. The minimum atomic E-state index is -0.203. The Morgan fingerprint density at radius 1 is 0.903 bits per heavy atom. The van der Waals surface area contributed by atoms with Crippen LogP contribution in [-0.4, -0.2) is 67.2 Å². The molecule has 1 aliphatic carbocycles. The fourth-order valence-corrected chi connectivity index (χ4v) is 5.11. The highest BCUT2D eigenvalue weighted by atomic mass is 16.5. The lowest BCUT2D eigenvalue weighted by Crippen LogP contribution is -2.48. The first kappa shape index (κ1) is 21.7. The maximum absolute atomic E-state index is 13.7. The number of rotatable bonds is 5. The second-order valence-corrected chi connectivity index (χ2v) is 8.73. The number of ether oxygens (including phenoxy) is 3. The lowest BCUT2D eigenvalue weighted by Gasteiger charge is -2.37. The number of imide groups is 1. The Labute approximate surface area is 183 Å². The van der Waals surface area contributed by atoms with E-state index in [0.717, 1.165) is 32.1 Å². The van der Waals surface area contributed by atoms with Crippen LogP contribution in [0.25, 0.3) is 5.57 Å². The average Bonchev–Trinajstić information content (AvgIpc) is 3.03. The van der Waals surface area contributed by atoms with E-state index >= 15 is 0 Å². The third-order valence-electron chi connectivity index (χ3n) is 6.44. The van der Waals surface area contributed by atoms with Crippen LogP contribution >= 0.6 is 0 Å². The maximum atomic E-state index is 13.7. The summed E-state index contributed by atoms with van der Waals surface area (Å²) in [5.74, 6) is 0.740. The van der Waals surface area contributed by atoms with Gasteiger partial charge in [0, 0.05) is 19.1 Å². The Hall–Kier alpha value is -2.54. The van der Waals surface area contributed by atoms with Crippen molar-refractivity contribution in [1.82, 2.24) is 9.80 Å². The van der Waals surface area contributed by atoms with Crippen molar-refractivity contribution < 1.29 is 23.8 Å². The van der Waals surface area contributed by atoms with E-state index in [1.807, 2.05) is 24.8 Å². The first-order chi connectivity index (χ1) is 14.9. The summed E-state index contributed by atoms with van der Waals surface area (Å²) in [7, 11) is 3.14. The molecule has 2 amide bonds. The molecule has 4 rings (SSSR count). The summed E-state index contributed by atoms with van der Waals surface area (Å²) in [4.78, 5) is 31.0. The lowest BCUT2D eigenvalue weighted by atomic mass is 9.94. The molecular formula is C24H32N2O5. The van der Waals surface area contributed by atoms with E-state index in [1.165, 1.54) is 4.90 Å². The van der Waals surface area contributed by atoms with Crippen LogP contribution in [0, 0.1) is 0 Å². The van der Waals surface area contributed by atoms with Gasteiger partial charge in [-0.2, -0.15) is 0 Å². The number of morpholine rings is 1. The predicted octanol–water partition coefficient (Wildman–Crippen LogP) is 3.23. The molecule has 0 aromatic heterocycles. The molecule has 2 fully saturated rings. The zero-order chi connectivity index (χ0) is 22.1. The summed E-state index contributed by atoms with van der Waals surface area (Å²) in [6.07, 6.45) is 4.97. The van der Waals surface area contributed by atoms with Crippen molar-refractivity contribution >= 4 is 17.4 Å². The topological polar surface area (TPSA) is 68.3 Å². The van der Waals surface area contributed by atoms with E-state index in [9.17, 15) is 9.59 Å². The number of carbonyl (C=O) groups is 2. The molecule has 0 radical (unpaired) electrons. The normalized spacial score (nSPS) is 25.4. The second-order valence-electron chi connectivity index (χ2n) is 8.73. The molecule has 0 spiro atoms. The number of methoxy groups -OCH3 is 2. The monoisotopic (exact) mass is 428 g/mol. The van der Waals surface area contributed by atoms with Gasteiger partial charge >= 0.3 is 0 Å². The van der Waals surface area contributed by atoms with Gasteiger partial charge in [-0.05, 0) is 44.4 Å². The summed E-state index contributed by atoms with van der Waals surface area (Å²) < 4.78 is 16.7. The zero-order valence-electron chi connectivity index (χ0n) is 18.8. The van der Waals surface area contributed by atoms with Crippen LogP contribution in [0.15, 0.2) is 23.9 Å². The first-order valence-corrected chi connectivity index (χ1v) is 11.2. The van der Waals surface area contributed by atoms with Crippen molar-refractivity contribution in [2.24, 2.45) is 0 Å². The zero-order valence-corrected chi connectivity index (χ0v) is 18.8. The third-order valence-corrected chi connectivity index (χ3v) is 6.44. The summed E-state index contributed by atoms with van der Waals surface area (Å²) in [5.41, 5.74) is 1.62. The van der Waals surface area contributed by atoms with E-state index < -0.39 is 0 Å². The van der Waals surface area contributed by atoms with Gasteiger partial charge in [-0.1, -0.05) is 25.3 Å². The van der Waals surface area contributed by atoms with Crippen molar-refractivity contribution in [1.29, 1.82) is 0 Å². The van der Waals surface area contributed by atoms with Gasteiger partial charge in [-0.15, -0.1) is 0 Å². The molecule has 31 heavy (non-hydrogen) atoms. The molecule has 1 saturated carbocycles. The van der Waals surface area contributed by atoms with Crippen LogP contribution in [0.1, 0.15) is 51.5 Å². The summed E-state index contributed by atoms with van der Waals surface area (Å²) >= 11 is 0. The number of carbonyl (C=O) groups excluding carboxylic acids is 2. The largest absolute Gasteiger partial charge is 0.493 e. The van der Waals surface area contributed by atoms with Gasteiger partial charge in [0.1, 0.15) is 5.70 Å². The minimum absolute atomic E-state index is 0.0189. The van der Waals surface area contributed by atoms with Crippen molar-refractivity contribution in [2.45, 2.75) is 64.2 Å². The minimum Gasteiger partial charge on any atom is -0.493 e. The molecule has 1 aromatic carbocycles. The van der Waals surface area contributed by atoms with Gasteiger partial charge in [-0.25, -0.2) is 0 Å². The molecule has 2 atom stereocenters. The summed E-state index contributed by atoms with van der Waals surface area (Å²) in [6.45, 7) is 5.15. The number of benzene rings is 1. The van der Waals surface area contributed by atoms with Gasteiger partial charge in [0.25, 0.3) is 11.8 Å². The van der Waals surface area contributed by atoms with Gasteiger partial charge in [0.05, 0.1) is 32.0 Å². The molecule has 0 bridgehead atoms. The quantitative estimate of drug-likeness (QED) is 0.671. The number of hydrogen-bond acceptors (Lipinski definition) is 6. The maximum Gasteiger partial charge on any atom is 0.278 e. The standard InChI is InChI=1S/C24H32N2O5/c1-15-13-25(14-16(2)31-15)22-21(17-10-11-19(29-3)20(12-17)30-4)23(27)26(24(22)28)18-8-6-5-7-9-18/h10-12,15-16,18H,5-9,13-14H2,1-4H3. The molecule has 7 heteroatoms. The fraction of sp³-hybridized carbons (Fsp3) is 0.583. The summed E-state index contributed by atoms with van der Waals surface area (Å²) in [6, 6.07) is 5.37. The highest BCUT2D eigenvalue weighted by Gasteiger charge is 2.46. The van der Waals surface area contributed by atoms with Crippen LogP contribution in [0.2, 0.25) is 0 Å². The van der Waals surface area contributed by atoms with Crippen LogP contribution < -0.4 is 9.47 Å². The molecule has 7 nitrogen and oxygen atoms in total. The van der Waals surface area contributed by atoms with Gasteiger partial charge in [0.15, 0.2) is 11.5 Å². The van der Waals surface area contributed by atoms with E-state index in [0.29, 0.717) is 41.4 Å². The van der Waals surface area contributed by atoms with Crippen LogP contribution in [0.4, 0.5) is 0 Å². The lowest BCUT2D eigenvalue weighted by molar-refractivity contribution is -0.141. The Kier molecular flexibility index (Phi) is 6.23. The molecule has 1 saturated heterocycles. The van der Waals surface area contributed by atoms with Crippen LogP contribution in [-0.2, 0) is 14.3 Å². The smallest absolute Gasteiger partial charge is 0.278 e. The Morgan fingerprint density at radius 3 is 2.16 bits per heavy atom. The number of nitrogens with zero attached hydrogens (tertiary/aromatic N) is 2. The highest BCUT2D eigenvalue weighted by Crippen LogP contribution is 2.39. The van der Waals surface area contributed by atoms with E-state index in [-0.39, 0.29) is 30.1 Å². The van der Waals surface area contributed by atoms with Crippen LogP contribution in [0.5, 0.6) is 11.5 Å². The second kappa shape index (κ2) is 8.91. The van der Waals surface area contributed by atoms with Crippen molar-refractivity contribution in [2.75, 3.05) is 27.3 Å². The van der Waals surface area contributed by atoms with E-state index in [4.69, 9.17) is 14.2 Å². The molecular weight excluding hydrogens is 396 g/mol. The third kappa shape index (κ3) is 4.03. The van der Waals surface area contributed by atoms with Crippen LogP contribution in [0.3, 0.4) is 0 Å². The number of amides is 2. The Morgan fingerprint density at radius 2 is 1.55 bits per heavy atom. The average molecular weight is 429 g/mol. The van der Waals surface area contributed by atoms with Crippen molar-refractivity contribution in [3.8, 4) is 11.5 Å². The van der Waals surface area contributed by atoms with Gasteiger partial charge < -0.3 is 19.1 Å². The SMILES string of the molecule is COc1ccc(C2=C(N3CC(C)OC(C)C3)C(=O)N(C3CCCCC3)C2=O)cc1OC. The Balaban J connectivity index is 1.80. The molecule has 0 N–H and O–H groups in total. The van der Waals surface area contributed by atoms with Gasteiger partial charge in [-0.3, -0.25) is 14.5 Å². The molecule has 3 aliphatic rings. The molecule has 2 unspecified atom stereocenters. The van der Waals surface area contributed by atoms with Crippen molar-refractivity contribution in [3.05, 3.63) is 29.5 Å². The fourth-order valence-electron chi connectivity index (χ4n) is 5.11.